The fourth-order valence-electron chi connectivity index (χ4n) is 1.42. The van der Waals surface area contributed by atoms with Gasteiger partial charge in [-0.05, 0) is 6.07 Å². The molecule has 6 nitrogen and oxygen atoms in total. The quantitative estimate of drug-likeness (QED) is 0.636. The van der Waals surface area contributed by atoms with Crippen molar-refractivity contribution in [1.29, 1.82) is 0 Å². The molecule has 4 N–H and O–H groups in total. The summed E-state index contributed by atoms with van der Waals surface area (Å²) in [6.45, 7) is -2.30. The van der Waals surface area contributed by atoms with Gasteiger partial charge in [-0.2, -0.15) is 5.10 Å². The summed E-state index contributed by atoms with van der Waals surface area (Å²) in [5.74, 6) is -0.00847. The van der Waals surface area contributed by atoms with E-state index in [0.717, 1.165) is 0 Å². The van der Waals surface area contributed by atoms with Crippen molar-refractivity contribution in [3.63, 3.8) is 0 Å². The van der Waals surface area contributed by atoms with Gasteiger partial charge in [0.25, 0.3) is 5.56 Å². The van der Waals surface area contributed by atoms with E-state index in [4.69, 9.17) is 9.85 Å². The summed E-state index contributed by atoms with van der Waals surface area (Å²) in [5, 5.41) is 8.92. The van der Waals surface area contributed by atoms with Gasteiger partial charge in [0.1, 0.15) is 5.82 Å². The first-order valence-corrected chi connectivity index (χ1v) is 4.27. The smallest absolute Gasteiger partial charge is 0.275 e. The normalized spacial score (nSPS) is 14.3. The average molecular weight is 208 g/mol. The molecule has 0 radical (unpaired) electrons. The molecule has 0 atom stereocenters. The van der Waals surface area contributed by atoms with E-state index in [-0.39, 0.29) is 17.7 Å². The molecule has 2 heterocycles. The Hall–Kier alpha value is -1.95. The van der Waals surface area contributed by atoms with Gasteiger partial charge in [0, 0.05) is 29.2 Å². The summed E-state index contributed by atoms with van der Waals surface area (Å²) in [7, 11) is 0. The van der Waals surface area contributed by atoms with E-state index in [1.54, 1.807) is 6.07 Å². The van der Waals surface area contributed by atoms with Crippen LogP contribution in [0.1, 0.15) is 9.81 Å². The molecule has 0 fully saturated rings. The maximum Gasteiger partial charge on any atom is 0.275 e. The molecule has 0 aromatic carbocycles. The van der Waals surface area contributed by atoms with Crippen LogP contribution in [0.25, 0.3) is 10.8 Å². The van der Waals surface area contributed by atoms with Gasteiger partial charge in [0.15, 0.2) is 0 Å². The summed E-state index contributed by atoms with van der Waals surface area (Å²) in [6, 6.07) is 1.57. The Bertz CT molecular complexity index is 636. The standard InChI is InChI=1S/C9H11N5O/c1-11-8-7-5(2-3-12-8)6(4-10)13-14-9(7)15/h2-3H,4,10H2,1H3,(H,11,12)(H,14,15)/i1D3. The number of aromatic nitrogens is 3. The third kappa shape index (κ3) is 1.44. The molecule has 0 unspecified atom stereocenters. The second-order valence-corrected chi connectivity index (χ2v) is 2.91. The highest BCUT2D eigenvalue weighted by molar-refractivity contribution is 5.92. The van der Waals surface area contributed by atoms with Gasteiger partial charge in [-0.1, -0.05) is 0 Å². The van der Waals surface area contributed by atoms with Crippen LogP contribution in [-0.2, 0) is 6.54 Å². The van der Waals surface area contributed by atoms with Crippen molar-refractivity contribution in [2.75, 3.05) is 12.3 Å². The van der Waals surface area contributed by atoms with Crippen LogP contribution in [0.15, 0.2) is 17.1 Å². The van der Waals surface area contributed by atoms with Crippen LogP contribution in [0.3, 0.4) is 0 Å². The first-order valence-electron chi connectivity index (χ1n) is 5.77. The van der Waals surface area contributed by atoms with Crippen LogP contribution >= 0.6 is 0 Å². The number of nitrogens with one attached hydrogen (secondary N) is 2. The number of pyridine rings is 1. The highest BCUT2D eigenvalue weighted by Crippen LogP contribution is 2.17. The first kappa shape index (κ1) is 6.52. The second-order valence-electron chi connectivity index (χ2n) is 2.91. The largest absolute Gasteiger partial charge is 0.372 e. The number of aromatic amines is 1. The summed E-state index contributed by atoms with van der Waals surface area (Å²) in [5.41, 5.74) is 5.47. The van der Waals surface area contributed by atoms with Gasteiger partial charge in [-0.25, -0.2) is 10.1 Å². The number of H-pyrrole nitrogens is 1. The van der Waals surface area contributed by atoms with E-state index in [0.29, 0.717) is 11.1 Å². The first-order chi connectivity index (χ1) is 8.42. The fourth-order valence-corrected chi connectivity index (χ4v) is 1.42. The minimum Gasteiger partial charge on any atom is -0.372 e. The Morgan fingerprint density at radius 2 is 2.60 bits per heavy atom. The second kappa shape index (κ2) is 3.66. The third-order valence-electron chi connectivity index (χ3n) is 2.09. The average Bonchev–Trinajstić information content (AvgIpc) is 2.27. The maximum atomic E-state index is 11.7. The number of anilines is 1. The molecule has 0 saturated heterocycles. The number of rotatable bonds is 2. The number of nitrogens with zero attached hydrogens (tertiary/aromatic N) is 2. The Morgan fingerprint density at radius 3 is 3.33 bits per heavy atom. The molecule has 2 aromatic rings. The van der Waals surface area contributed by atoms with Crippen molar-refractivity contribution in [2.45, 2.75) is 6.54 Å². The number of hydrogen-bond donors (Lipinski definition) is 3. The molecule has 78 valence electrons. The topological polar surface area (TPSA) is 96.7 Å². The molecule has 0 aliphatic carbocycles. The molecule has 2 aromatic heterocycles. The summed E-state index contributed by atoms with van der Waals surface area (Å²) in [4.78, 5) is 15.6. The van der Waals surface area contributed by atoms with E-state index in [1.807, 2.05) is 0 Å². The molecule has 0 spiro atoms. The molecular weight excluding hydrogens is 194 g/mol. The summed E-state index contributed by atoms with van der Waals surface area (Å²) < 4.78 is 21.4. The van der Waals surface area contributed by atoms with Crippen LogP contribution in [-0.4, -0.2) is 22.2 Å². The van der Waals surface area contributed by atoms with Crippen molar-refractivity contribution < 1.29 is 4.11 Å². The minimum absolute atomic E-state index is 0.00847. The molecule has 0 amide bonds. The van der Waals surface area contributed by atoms with Gasteiger partial charge in [-0.3, -0.25) is 4.79 Å². The van der Waals surface area contributed by atoms with Crippen LogP contribution in [0, 0.1) is 0 Å². The number of nitrogens with two attached hydrogens (primary N) is 1. The van der Waals surface area contributed by atoms with Crippen molar-refractivity contribution in [1.82, 2.24) is 15.2 Å². The van der Waals surface area contributed by atoms with Crippen molar-refractivity contribution >= 4 is 16.6 Å². The Kier molecular flexibility index (Phi) is 1.59. The fraction of sp³-hybridized carbons (Fsp3) is 0.222. The van der Waals surface area contributed by atoms with Gasteiger partial charge in [0.05, 0.1) is 11.1 Å². The van der Waals surface area contributed by atoms with E-state index in [2.05, 4.69) is 20.5 Å². The lowest BCUT2D eigenvalue weighted by molar-refractivity contribution is 0.899. The third-order valence-corrected chi connectivity index (χ3v) is 2.09. The van der Waals surface area contributed by atoms with Crippen LogP contribution in [0.2, 0.25) is 0 Å². The molecular formula is C9H11N5O. The predicted molar refractivity (Wildman–Crippen MR) is 57.6 cm³/mol. The van der Waals surface area contributed by atoms with E-state index >= 15 is 0 Å². The lowest BCUT2D eigenvalue weighted by Gasteiger charge is -2.05. The monoisotopic (exact) mass is 208 g/mol. The van der Waals surface area contributed by atoms with Gasteiger partial charge < -0.3 is 11.1 Å². The lowest BCUT2D eigenvalue weighted by Crippen LogP contribution is -2.15. The van der Waals surface area contributed by atoms with E-state index < -0.39 is 12.5 Å². The van der Waals surface area contributed by atoms with Crippen molar-refractivity contribution in [2.24, 2.45) is 5.73 Å². The Balaban J connectivity index is 2.72. The Morgan fingerprint density at radius 1 is 1.73 bits per heavy atom. The van der Waals surface area contributed by atoms with Crippen molar-refractivity contribution in [3.8, 4) is 0 Å². The maximum absolute atomic E-state index is 11.7. The van der Waals surface area contributed by atoms with E-state index in [1.165, 1.54) is 6.20 Å². The molecule has 6 heteroatoms. The highest BCUT2D eigenvalue weighted by atomic mass is 16.1. The Labute approximate surface area is 89.7 Å². The SMILES string of the molecule is [2H]C([2H])([2H])Nc1nccc2c(CN)n[nH]c(=O)c12. The summed E-state index contributed by atoms with van der Waals surface area (Å²) in [6.07, 6.45) is 1.40. The predicted octanol–water partition coefficient (Wildman–Crippen LogP) is -0.182. The zero-order valence-electron chi connectivity index (χ0n) is 10.7. The molecule has 0 aliphatic heterocycles. The molecule has 2 rings (SSSR count). The minimum atomic E-state index is -2.43. The van der Waals surface area contributed by atoms with Gasteiger partial charge >= 0.3 is 0 Å². The zero-order valence-corrected chi connectivity index (χ0v) is 7.74. The van der Waals surface area contributed by atoms with Gasteiger partial charge in [-0.15, -0.1) is 0 Å². The molecule has 15 heavy (non-hydrogen) atoms. The lowest BCUT2D eigenvalue weighted by atomic mass is 10.2. The van der Waals surface area contributed by atoms with Crippen molar-refractivity contribution in [3.05, 3.63) is 28.3 Å². The van der Waals surface area contributed by atoms with Crippen LogP contribution in [0.4, 0.5) is 5.82 Å². The molecule has 0 aliphatic rings. The molecule has 0 saturated carbocycles. The van der Waals surface area contributed by atoms with E-state index in [9.17, 15) is 4.79 Å². The number of fused-ring (bicyclic) bond motifs is 1. The van der Waals surface area contributed by atoms with Crippen LogP contribution < -0.4 is 16.6 Å². The van der Waals surface area contributed by atoms with Crippen LogP contribution in [0.5, 0.6) is 0 Å². The van der Waals surface area contributed by atoms with Gasteiger partial charge in [0.2, 0.25) is 0 Å². The highest BCUT2D eigenvalue weighted by Gasteiger charge is 2.09. The molecule has 0 bridgehead atoms. The summed E-state index contributed by atoms with van der Waals surface area (Å²) >= 11 is 0. The zero-order chi connectivity index (χ0) is 13.3. The number of hydrogen-bond acceptors (Lipinski definition) is 5.